The first-order chi connectivity index (χ1) is 14.5. The van der Waals surface area contributed by atoms with Crippen molar-refractivity contribution in [1.29, 1.82) is 0 Å². The number of rotatable bonds is 9. The topological polar surface area (TPSA) is 96.2 Å². The molecule has 1 aliphatic rings. The lowest BCUT2D eigenvalue weighted by atomic mass is 10.2. The van der Waals surface area contributed by atoms with E-state index in [0.29, 0.717) is 40.4 Å². The zero-order valence-electron chi connectivity index (χ0n) is 16.5. The first-order valence-electron chi connectivity index (χ1n) is 9.28. The number of nitrogens with one attached hydrogen (secondary N) is 1. The molecule has 30 heavy (non-hydrogen) atoms. The molecule has 0 unspecified atom stereocenters. The van der Waals surface area contributed by atoms with E-state index in [-0.39, 0.29) is 30.2 Å². The number of hydrogen-bond donors (Lipinski definition) is 2. The summed E-state index contributed by atoms with van der Waals surface area (Å²) >= 11 is 6.42. The van der Waals surface area contributed by atoms with Crippen molar-refractivity contribution in [2.45, 2.75) is 6.92 Å². The van der Waals surface area contributed by atoms with Crippen LogP contribution in [0.25, 0.3) is 11.7 Å². The van der Waals surface area contributed by atoms with Crippen LogP contribution >= 0.6 is 24.0 Å². The maximum atomic E-state index is 13.2. The summed E-state index contributed by atoms with van der Waals surface area (Å²) in [6, 6.07) is 3.64. The van der Waals surface area contributed by atoms with Crippen molar-refractivity contribution in [2.75, 3.05) is 38.2 Å². The molecular weight excluding hydrogens is 424 g/mol. The van der Waals surface area contributed by atoms with Crippen LogP contribution in [0.1, 0.15) is 11.1 Å². The summed E-state index contributed by atoms with van der Waals surface area (Å²) in [6.45, 7) is 6.70. The molecule has 2 aromatic heterocycles. The van der Waals surface area contributed by atoms with E-state index >= 15 is 0 Å². The molecule has 0 radical (unpaired) electrons. The van der Waals surface area contributed by atoms with Crippen LogP contribution in [0.3, 0.4) is 0 Å². The minimum absolute atomic E-state index is 0.0629. The number of fused-ring (bicyclic) bond motifs is 1. The minimum atomic E-state index is -0.295. The van der Waals surface area contributed by atoms with Gasteiger partial charge in [0.1, 0.15) is 15.8 Å². The van der Waals surface area contributed by atoms with Crippen LogP contribution < -0.4 is 10.9 Å². The van der Waals surface area contributed by atoms with Gasteiger partial charge in [0.05, 0.1) is 30.3 Å². The van der Waals surface area contributed by atoms with Crippen LogP contribution in [0.4, 0.5) is 5.82 Å². The predicted molar refractivity (Wildman–Crippen MR) is 123 cm³/mol. The normalized spacial score (nSPS) is 15.4. The van der Waals surface area contributed by atoms with E-state index in [0.717, 1.165) is 17.3 Å². The van der Waals surface area contributed by atoms with E-state index < -0.39 is 0 Å². The van der Waals surface area contributed by atoms with Crippen LogP contribution in [0.5, 0.6) is 0 Å². The van der Waals surface area contributed by atoms with E-state index in [1.165, 1.54) is 15.4 Å². The third-order valence-corrected chi connectivity index (χ3v) is 5.70. The number of hydrogen-bond acceptors (Lipinski definition) is 8. The van der Waals surface area contributed by atoms with Gasteiger partial charge in [0.25, 0.3) is 11.5 Å². The van der Waals surface area contributed by atoms with Crippen molar-refractivity contribution in [3.8, 4) is 0 Å². The molecule has 1 saturated heterocycles. The second-order valence-electron chi connectivity index (χ2n) is 6.41. The average Bonchev–Trinajstić information content (AvgIpc) is 2.99. The van der Waals surface area contributed by atoms with Crippen molar-refractivity contribution in [3.63, 3.8) is 0 Å². The Bertz CT molecular complexity index is 1080. The second kappa shape index (κ2) is 9.98. The Kier molecular flexibility index (Phi) is 7.38. The Morgan fingerprint density at radius 2 is 2.20 bits per heavy atom. The van der Waals surface area contributed by atoms with Gasteiger partial charge in [-0.05, 0) is 24.6 Å². The van der Waals surface area contributed by atoms with Gasteiger partial charge in [0.15, 0.2) is 0 Å². The summed E-state index contributed by atoms with van der Waals surface area (Å²) in [4.78, 5) is 32.3. The average molecular weight is 447 g/mol. The summed E-state index contributed by atoms with van der Waals surface area (Å²) in [5, 5.41) is 11.9. The molecule has 3 rings (SSSR count). The fourth-order valence-corrected chi connectivity index (χ4v) is 4.16. The first kappa shape index (κ1) is 22.2. The van der Waals surface area contributed by atoms with Gasteiger partial charge >= 0.3 is 0 Å². The first-order valence-corrected chi connectivity index (χ1v) is 10.5. The molecule has 0 aromatic carbocycles. The third-order valence-electron chi connectivity index (χ3n) is 4.32. The Morgan fingerprint density at radius 1 is 1.40 bits per heavy atom. The molecule has 8 nitrogen and oxygen atoms in total. The number of ether oxygens (including phenoxy) is 1. The van der Waals surface area contributed by atoms with Gasteiger partial charge in [0.2, 0.25) is 0 Å². The number of carbonyl (C=O) groups excluding carboxylic acids is 1. The highest BCUT2D eigenvalue weighted by molar-refractivity contribution is 8.26. The maximum absolute atomic E-state index is 13.2. The van der Waals surface area contributed by atoms with Gasteiger partial charge < -0.3 is 15.2 Å². The molecule has 0 saturated carbocycles. The largest absolute Gasteiger partial charge is 0.394 e. The van der Waals surface area contributed by atoms with E-state index in [4.69, 9.17) is 22.1 Å². The van der Waals surface area contributed by atoms with Crippen molar-refractivity contribution in [1.82, 2.24) is 14.3 Å². The van der Waals surface area contributed by atoms with E-state index in [9.17, 15) is 9.59 Å². The summed E-state index contributed by atoms with van der Waals surface area (Å²) < 4.78 is 7.14. The summed E-state index contributed by atoms with van der Waals surface area (Å²) in [5.41, 5.74) is 1.34. The number of aliphatic hydroxyl groups excluding tert-OH is 1. The predicted octanol–water partition coefficient (Wildman–Crippen LogP) is 1.81. The number of aliphatic hydroxyl groups is 1. The standard InChI is InChI=1S/C20H22N4O4S2/c1-3-7-24-19(27)15(30-20(24)29)12-14-16(21-6-10-28-11-9-25)22-17-13(2)5-4-8-23(17)18(14)26/h3-5,8,12,21,25H,1,6-7,9-11H2,2H3/b15-12-. The maximum Gasteiger partial charge on any atom is 0.267 e. The Labute approximate surface area is 183 Å². The summed E-state index contributed by atoms with van der Waals surface area (Å²) in [6.07, 6.45) is 4.78. The number of carbonyl (C=O) groups is 1. The van der Waals surface area contributed by atoms with Crippen LogP contribution in [-0.4, -0.2) is 62.5 Å². The van der Waals surface area contributed by atoms with Gasteiger partial charge in [-0.25, -0.2) is 4.98 Å². The molecule has 2 aromatic rings. The van der Waals surface area contributed by atoms with Crippen molar-refractivity contribution in [3.05, 3.63) is 57.4 Å². The molecule has 1 amide bonds. The third kappa shape index (κ3) is 4.62. The fourth-order valence-electron chi connectivity index (χ4n) is 2.90. The lowest BCUT2D eigenvalue weighted by molar-refractivity contribution is -0.121. The van der Waals surface area contributed by atoms with Gasteiger partial charge in [-0.2, -0.15) is 0 Å². The number of thiocarbonyl (C=S) groups is 1. The van der Waals surface area contributed by atoms with E-state index in [2.05, 4.69) is 16.9 Å². The van der Waals surface area contributed by atoms with Gasteiger partial charge in [0, 0.05) is 19.3 Å². The number of nitrogens with zero attached hydrogens (tertiary/aromatic N) is 3. The molecular formula is C20H22N4O4S2. The fraction of sp³-hybridized carbons (Fsp3) is 0.300. The zero-order chi connectivity index (χ0) is 21.7. The van der Waals surface area contributed by atoms with E-state index in [1.54, 1.807) is 18.3 Å². The number of anilines is 1. The summed E-state index contributed by atoms with van der Waals surface area (Å²) in [5.74, 6) is 0.0896. The summed E-state index contributed by atoms with van der Waals surface area (Å²) in [7, 11) is 0. The van der Waals surface area contributed by atoms with Crippen molar-refractivity contribution >= 4 is 51.7 Å². The van der Waals surface area contributed by atoms with Gasteiger partial charge in [-0.1, -0.05) is 36.1 Å². The monoisotopic (exact) mass is 446 g/mol. The van der Waals surface area contributed by atoms with Gasteiger partial charge in [-0.3, -0.25) is 18.9 Å². The number of aromatic nitrogens is 2. The minimum Gasteiger partial charge on any atom is -0.394 e. The SMILES string of the molecule is C=CCN1C(=O)/C(=C/c2c(NCCOCCO)nc3c(C)cccn3c2=O)SC1=S. The Hall–Kier alpha value is -2.53. The van der Waals surface area contributed by atoms with Crippen molar-refractivity contribution in [2.24, 2.45) is 0 Å². The molecule has 0 aliphatic carbocycles. The molecule has 10 heteroatoms. The number of pyridine rings is 1. The quantitative estimate of drug-likeness (QED) is 0.261. The molecule has 2 N–H and O–H groups in total. The van der Waals surface area contributed by atoms with Crippen molar-refractivity contribution < 1.29 is 14.6 Å². The Balaban J connectivity index is 2.03. The van der Waals surface area contributed by atoms with E-state index in [1.807, 2.05) is 13.0 Å². The number of amides is 1. The molecule has 158 valence electrons. The second-order valence-corrected chi connectivity index (χ2v) is 8.08. The molecule has 0 atom stereocenters. The van der Waals surface area contributed by atoms with Gasteiger partial charge in [-0.15, -0.1) is 6.58 Å². The Morgan fingerprint density at radius 3 is 2.93 bits per heavy atom. The lowest BCUT2D eigenvalue weighted by Gasteiger charge is -2.12. The highest BCUT2D eigenvalue weighted by Crippen LogP contribution is 2.32. The molecule has 1 fully saturated rings. The van der Waals surface area contributed by atoms with Crippen LogP contribution in [0.15, 0.2) is 40.7 Å². The highest BCUT2D eigenvalue weighted by Gasteiger charge is 2.31. The molecule has 1 aliphatic heterocycles. The smallest absolute Gasteiger partial charge is 0.267 e. The van der Waals surface area contributed by atoms with Crippen LogP contribution in [0, 0.1) is 6.92 Å². The highest BCUT2D eigenvalue weighted by atomic mass is 32.2. The number of thioether (sulfide) groups is 1. The number of aryl methyl sites for hydroxylation is 1. The molecule has 3 heterocycles. The molecule has 0 spiro atoms. The van der Waals surface area contributed by atoms with Crippen LogP contribution in [-0.2, 0) is 9.53 Å². The zero-order valence-corrected chi connectivity index (χ0v) is 18.1. The lowest BCUT2D eigenvalue weighted by Crippen LogP contribution is -2.28. The van der Waals surface area contributed by atoms with Crippen LogP contribution in [0.2, 0.25) is 0 Å². The molecule has 0 bridgehead atoms.